The molecule has 2 N–H and O–H groups in total. The summed E-state index contributed by atoms with van der Waals surface area (Å²) in [6.45, 7) is 0. The van der Waals surface area contributed by atoms with Gasteiger partial charge in [0.25, 0.3) is 0 Å². The molecule has 5 heteroatoms. The molecule has 3 rings (SSSR count). The Kier molecular flexibility index (Phi) is 3.50. The van der Waals surface area contributed by atoms with E-state index in [0.29, 0.717) is 18.1 Å². The van der Waals surface area contributed by atoms with Gasteiger partial charge in [-0.15, -0.1) is 0 Å². The van der Waals surface area contributed by atoms with Crippen molar-refractivity contribution in [1.82, 2.24) is 15.2 Å². The average molecular weight is 271 g/mol. The van der Waals surface area contributed by atoms with Crippen molar-refractivity contribution in [3.8, 4) is 11.4 Å². The van der Waals surface area contributed by atoms with E-state index in [0.717, 1.165) is 18.4 Å². The predicted molar refractivity (Wildman–Crippen MR) is 74.4 cm³/mol. The molecule has 1 aromatic heterocycles. The zero-order valence-corrected chi connectivity index (χ0v) is 11.2. The minimum absolute atomic E-state index is 0.0683. The van der Waals surface area contributed by atoms with Crippen molar-refractivity contribution >= 4 is 5.97 Å². The number of aryl methyl sites for hydroxylation is 3. The monoisotopic (exact) mass is 271 g/mol. The zero-order valence-electron chi connectivity index (χ0n) is 11.2. The van der Waals surface area contributed by atoms with Crippen LogP contribution in [0.25, 0.3) is 11.4 Å². The summed E-state index contributed by atoms with van der Waals surface area (Å²) in [5.74, 6) is 0.454. The van der Waals surface area contributed by atoms with Gasteiger partial charge in [0.05, 0.1) is 6.42 Å². The highest BCUT2D eigenvalue weighted by molar-refractivity contribution is 5.67. The van der Waals surface area contributed by atoms with Gasteiger partial charge in [-0.05, 0) is 42.9 Å². The molecule has 2 aromatic rings. The lowest BCUT2D eigenvalue weighted by atomic mass is 9.90. The summed E-state index contributed by atoms with van der Waals surface area (Å²) < 4.78 is 0. The number of carboxylic acids is 1. The molecule has 0 spiro atoms. The van der Waals surface area contributed by atoms with Crippen LogP contribution >= 0.6 is 0 Å². The van der Waals surface area contributed by atoms with E-state index in [9.17, 15) is 4.79 Å². The highest BCUT2D eigenvalue weighted by atomic mass is 16.4. The lowest BCUT2D eigenvalue weighted by Crippen LogP contribution is -2.02. The molecule has 0 aliphatic heterocycles. The van der Waals surface area contributed by atoms with E-state index >= 15 is 0 Å². The summed E-state index contributed by atoms with van der Waals surface area (Å²) in [6, 6.07) is 6.38. The van der Waals surface area contributed by atoms with Gasteiger partial charge < -0.3 is 5.11 Å². The van der Waals surface area contributed by atoms with Gasteiger partial charge in [0.15, 0.2) is 5.82 Å². The fraction of sp³-hybridized carbons (Fsp3) is 0.400. The minimum Gasteiger partial charge on any atom is -0.481 e. The van der Waals surface area contributed by atoms with E-state index < -0.39 is 5.97 Å². The molecular formula is C15H17N3O2. The second kappa shape index (κ2) is 5.45. The number of carboxylic acid groups (broad SMARTS) is 1. The Morgan fingerprint density at radius 3 is 2.85 bits per heavy atom. The van der Waals surface area contributed by atoms with Crippen molar-refractivity contribution < 1.29 is 9.90 Å². The number of hydrogen-bond donors (Lipinski definition) is 2. The van der Waals surface area contributed by atoms with Crippen molar-refractivity contribution in [3.05, 3.63) is 35.2 Å². The number of hydrogen-bond acceptors (Lipinski definition) is 3. The number of carbonyl (C=O) groups is 1. The molecule has 0 bridgehead atoms. The summed E-state index contributed by atoms with van der Waals surface area (Å²) in [6.07, 6.45) is 5.25. The van der Waals surface area contributed by atoms with E-state index in [1.807, 2.05) is 6.07 Å². The molecule has 104 valence electrons. The van der Waals surface area contributed by atoms with Gasteiger partial charge in [-0.25, -0.2) is 4.98 Å². The Bertz CT molecular complexity index is 634. The molecule has 0 fully saturated rings. The summed E-state index contributed by atoms with van der Waals surface area (Å²) in [4.78, 5) is 14.9. The molecule has 20 heavy (non-hydrogen) atoms. The highest BCUT2D eigenvalue weighted by Gasteiger charge is 2.12. The molecule has 0 radical (unpaired) electrons. The van der Waals surface area contributed by atoms with Crippen LogP contribution < -0.4 is 0 Å². The lowest BCUT2D eigenvalue weighted by Gasteiger charge is -2.15. The van der Waals surface area contributed by atoms with Crippen LogP contribution in [0.3, 0.4) is 0 Å². The van der Waals surface area contributed by atoms with Crippen molar-refractivity contribution in [2.75, 3.05) is 0 Å². The maximum absolute atomic E-state index is 10.5. The molecule has 1 aliphatic carbocycles. The van der Waals surface area contributed by atoms with Crippen LogP contribution in [0.5, 0.6) is 0 Å². The maximum atomic E-state index is 10.5. The third-order valence-corrected chi connectivity index (χ3v) is 3.71. The number of fused-ring (bicyclic) bond motifs is 1. The largest absolute Gasteiger partial charge is 0.481 e. The van der Waals surface area contributed by atoms with Crippen molar-refractivity contribution in [3.63, 3.8) is 0 Å². The number of aromatic amines is 1. The normalized spacial score (nSPS) is 14.0. The molecule has 1 heterocycles. The summed E-state index contributed by atoms with van der Waals surface area (Å²) in [5.41, 5.74) is 3.83. The van der Waals surface area contributed by atoms with Gasteiger partial charge in [-0.2, -0.15) is 5.10 Å². The highest BCUT2D eigenvalue weighted by Crippen LogP contribution is 2.25. The quantitative estimate of drug-likeness (QED) is 0.894. The standard InChI is InChI=1S/C15H17N3O2/c19-14(20)8-7-13-16-15(18-17-13)12-6-5-10-3-1-2-4-11(10)9-12/h5-6,9H,1-4,7-8H2,(H,19,20)(H,16,17,18). The Morgan fingerprint density at radius 2 is 2.05 bits per heavy atom. The molecule has 5 nitrogen and oxygen atoms in total. The zero-order chi connectivity index (χ0) is 13.9. The first-order chi connectivity index (χ1) is 9.72. The number of aromatic nitrogens is 3. The van der Waals surface area contributed by atoms with Gasteiger partial charge in [-0.3, -0.25) is 9.89 Å². The molecular weight excluding hydrogens is 254 g/mol. The SMILES string of the molecule is O=C(O)CCc1nc(-c2ccc3c(c2)CCCC3)n[nH]1. The van der Waals surface area contributed by atoms with Crippen LogP contribution in [0.4, 0.5) is 0 Å². The van der Waals surface area contributed by atoms with Crippen LogP contribution in [0.1, 0.15) is 36.2 Å². The Labute approximate surface area is 117 Å². The van der Waals surface area contributed by atoms with Crippen molar-refractivity contribution in [2.45, 2.75) is 38.5 Å². The first kappa shape index (κ1) is 12.8. The fourth-order valence-corrected chi connectivity index (χ4v) is 2.63. The third-order valence-electron chi connectivity index (χ3n) is 3.71. The van der Waals surface area contributed by atoms with Crippen molar-refractivity contribution in [2.24, 2.45) is 0 Å². The van der Waals surface area contributed by atoms with E-state index in [-0.39, 0.29) is 6.42 Å². The van der Waals surface area contributed by atoms with Gasteiger partial charge in [0, 0.05) is 12.0 Å². The topological polar surface area (TPSA) is 78.9 Å². The second-order valence-electron chi connectivity index (χ2n) is 5.19. The summed E-state index contributed by atoms with van der Waals surface area (Å²) in [5, 5.41) is 15.7. The van der Waals surface area contributed by atoms with Gasteiger partial charge in [0.1, 0.15) is 5.82 Å². The van der Waals surface area contributed by atoms with Gasteiger partial charge in [0.2, 0.25) is 0 Å². The second-order valence-corrected chi connectivity index (χ2v) is 5.19. The Balaban J connectivity index is 1.80. The lowest BCUT2D eigenvalue weighted by molar-refractivity contribution is -0.137. The summed E-state index contributed by atoms with van der Waals surface area (Å²) >= 11 is 0. The van der Waals surface area contributed by atoms with E-state index in [1.165, 1.54) is 24.0 Å². The molecule has 0 saturated heterocycles. The molecule has 0 unspecified atom stereocenters. The molecule has 1 aromatic carbocycles. The number of rotatable bonds is 4. The van der Waals surface area contributed by atoms with Crippen molar-refractivity contribution in [1.29, 1.82) is 0 Å². The van der Waals surface area contributed by atoms with Gasteiger partial charge >= 0.3 is 5.97 Å². The third kappa shape index (κ3) is 2.71. The smallest absolute Gasteiger partial charge is 0.303 e. The fourth-order valence-electron chi connectivity index (χ4n) is 2.63. The Hall–Kier alpha value is -2.17. The number of nitrogens with one attached hydrogen (secondary N) is 1. The van der Waals surface area contributed by atoms with Crippen LogP contribution in [0.2, 0.25) is 0 Å². The van der Waals surface area contributed by atoms with Gasteiger partial charge in [-0.1, -0.05) is 12.1 Å². The number of aliphatic carboxylic acids is 1. The van der Waals surface area contributed by atoms with Crippen LogP contribution in [0, 0.1) is 0 Å². The van der Waals surface area contributed by atoms with E-state index in [1.54, 1.807) is 0 Å². The minimum atomic E-state index is -0.822. The van der Waals surface area contributed by atoms with E-state index in [4.69, 9.17) is 5.11 Å². The predicted octanol–water partition coefficient (Wildman–Crippen LogP) is 2.37. The molecule has 0 saturated carbocycles. The maximum Gasteiger partial charge on any atom is 0.303 e. The molecule has 0 atom stereocenters. The first-order valence-corrected chi connectivity index (χ1v) is 6.97. The Morgan fingerprint density at radius 1 is 1.25 bits per heavy atom. The van der Waals surface area contributed by atoms with E-state index in [2.05, 4.69) is 27.3 Å². The average Bonchev–Trinajstić information content (AvgIpc) is 2.93. The first-order valence-electron chi connectivity index (χ1n) is 6.97. The van der Waals surface area contributed by atoms with Crippen LogP contribution in [0.15, 0.2) is 18.2 Å². The summed E-state index contributed by atoms with van der Waals surface area (Å²) in [7, 11) is 0. The molecule has 1 aliphatic rings. The number of benzene rings is 1. The number of nitrogens with zero attached hydrogens (tertiary/aromatic N) is 2. The van der Waals surface area contributed by atoms with Crippen LogP contribution in [-0.2, 0) is 24.1 Å². The number of H-pyrrole nitrogens is 1. The van der Waals surface area contributed by atoms with Crippen LogP contribution in [-0.4, -0.2) is 26.3 Å². The molecule has 0 amide bonds.